The first kappa shape index (κ1) is 16.4. The molecule has 0 saturated heterocycles. The molecule has 0 heterocycles. The summed E-state index contributed by atoms with van der Waals surface area (Å²) >= 11 is 0. The van der Waals surface area contributed by atoms with Gasteiger partial charge in [-0.15, -0.1) is 0 Å². The summed E-state index contributed by atoms with van der Waals surface area (Å²) in [6.45, 7) is 3.55. The quantitative estimate of drug-likeness (QED) is 0.896. The highest BCUT2D eigenvalue weighted by Crippen LogP contribution is 2.33. The zero-order chi connectivity index (χ0) is 15.7. The second kappa shape index (κ2) is 6.02. The molecule has 1 aliphatic rings. The normalized spacial score (nSPS) is 26.8. The molecule has 1 aliphatic carbocycles. The maximum atomic E-state index is 13.8. The van der Waals surface area contributed by atoms with Crippen LogP contribution in [0.15, 0.2) is 23.1 Å². The average Bonchev–Trinajstić information content (AvgIpc) is 2.44. The Balaban J connectivity index is 2.29. The van der Waals surface area contributed by atoms with E-state index in [0.29, 0.717) is 24.3 Å². The van der Waals surface area contributed by atoms with E-state index < -0.39 is 21.4 Å². The number of hydrogen-bond acceptors (Lipinski definition) is 3. The Morgan fingerprint density at radius 3 is 2.57 bits per heavy atom. The average molecular weight is 315 g/mol. The van der Waals surface area contributed by atoms with Crippen molar-refractivity contribution >= 4 is 10.0 Å². The molecule has 4 nitrogen and oxygen atoms in total. The van der Waals surface area contributed by atoms with Crippen LogP contribution >= 0.6 is 0 Å². The minimum Gasteiger partial charge on any atom is -0.394 e. The van der Waals surface area contributed by atoms with E-state index in [1.807, 2.05) is 0 Å². The summed E-state index contributed by atoms with van der Waals surface area (Å²) in [5, 5.41) is 9.64. The van der Waals surface area contributed by atoms with E-state index in [1.54, 1.807) is 6.92 Å². The highest BCUT2D eigenvalue weighted by Gasteiger charge is 2.38. The first-order chi connectivity index (χ1) is 9.78. The van der Waals surface area contributed by atoms with Gasteiger partial charge in [-0.1, -0.05) is 13.0 Å². The van der Waals surface area contributed by atoms with Crippen molar-refractivity contribution in [1.29, 1.82) is 0 Å². The minimum absolute atomic E-state index is 0.271. The fraction of sp³-hybridized carbons (Fsp3) is 0.600. The lowest BCUT2D eigenvalue weighted by Gasteiger charge is -2.38. The van der Waals surface area contributed by atoms with Gasteiger partial charge in [0.15, 0.2) is 0 Å². The Kier molecular flexibility index (Phi) is 4.70. The van der Waals surface area contributed by atoms with E-state index in [2.05, 4.69) is 11.6 Å². The lowest BCUT2D eigenvalue weighted by molar-refractivity contribution is 0.125. The second-order valence-corrected chi connectivity index (χ2v) is 7.81. The number of hydrogen-bond donors (Lipinski definition) is 2. The van der Waals surface area contributed by atoms with Crippen molar-refractivity contribution < 1.29 is 17.9 Å². The van der Waals surface area contributed by atoms with Crippen LogP contribution in [-0.4, -0.2) is 25.7 Å². The largest absolute Gasteiger partial charge is 0.394 e. The van der Waals surface area contributed by atoms with Crippen molar-refractivity contribution in [3.8, 4) is 0 Å². The number of aliphatic hydroxyl groups is 1. The van der Waals surface area contributed by atoms with Crippen LogP contribution in [0, 0.1) is 18.7 Å². The van der Waals surface area contributed by atoms with E-state index in [4.69, 9.17) is 0 Å². The van der Waals surface area contributed by atoms with E-state index in [-0.39, 0.29) is 11.5 Å². The third-order valence-electron chi connectivity index (χ3n) is 4.26. The molecule has 0 amide bonds. The fourth-order valence-corrected chi connectivity index (χ4v) is 4.38. The van der Waals surface area contributed by atoms with Crippen molar-refractivity contribution in [3.05, 3.63) is 29.6 Å². The molecule has 0 radical (unpaired) electrons. The van der Waals surface area contributed by atoms with Gasteiger partial charge in [0, 0.05) is 0 Å². The van der Waals surface area contributed by atoms with Crippen LogP contribution < -0.4 is 4.72 Å². The maximum Gasteiger partial charge on any atom is 0.244 e. The van der Waals surface area contributed by atoms with Gasteiger partial charge in [-0.05, 0) is 56.2 Å². The predicted octanol–water partition coefficient (Wildman–Crippen LogP) is 2.35. The molecule has 1 aromatic carbocycles. The summed E-state index contributed by atoms with van der Waals surface area (Å²) in [5.74, 6) is -0.254. The summed E-state index contributed by atoms with van der Waals surface area (Å²) in [6.07, 6.45) is 2.83. The number of sulfonamides is 1. The number of benzene rings is 1. The van der Waals surface area contributed by atoms with Crippen LogP contribution in [0.3, 0.4) is 0 Å². The zero-order valence-electron chi connectivity index (χ0n) is 12.4. The monoisotopic (exact) mass is 315 g/mol. The third-order valence-corrected chi connectivity index (χ3v) is 5.85. The molecule has 21 heavy (non-hydrogen) atoms. The smallest absolute Gasteiger partial charge is 0.244 e. The third kappa shape index (κ3) is 3.62. The molecule has 1 aromatic rings. The second-order valence-electron chi connectivity index (χ2n) is 6.16. The highest BCUT2D eigenvalue weighted by molar-refractivity contribution is 7.89. The van der Waals surface area contributed by atoms with Gasteiger partial charge in [0.05, 0.1) is 12.1 Å². The molecule has 2 N–H and O–H groups in total. The van der Waals surface area contributed by atoms with Gasteiger partial charge >= 0.3 is 0 Å². The van der Waals surface area contributed by atoms with Crippen LogP contribution in [0.25, 0.3) is 0 Å². The molecule has 0 atom stereocenters. The van der Waals surface area contributed by atoms with Gasteiger partial charge in [-0.3, -0.25) is 0 Å². The van der Waals surface area contributed by atoms with Crippen LogP contribution in [0.4, 0.5) is 4.39 Å². The highest BCUT2D eigenvalue weighted by atomic mass is 32.2. The van der Waals surface area contributed by atoms with E-state index in [9.17, 15) is 17.9 Å². The number of nitrogens with one attached hydrogen (secondary N) is 1. The summed E-state index contributed by atoms with van der Waals surface area (Å²) < 4.78 is 41.3. The van der Waals surface area contributed by atoms with Gasteiger partial charge in [0.1, 0.15) is 10.7 Å². The van der Waals surface area contributed by atoms with Crippen molar-refractivity contribution in [2.75, 3.05) is 6.61 Å². The first-order valence-corrected chi connectivity index (χ1v) is 8.67. The SMILES string of the molecule is Cc1ccc(F)c(S(=O)(=O)NC2(CO)CCC(C)CC2)c1. The van der Waals surface area contributed by atoms with E-state index in [0.717, 1.165) is 18.9 Å². The predicted molar refractivity (Wildman–Crippen MR) is 78.9 cm³/mol. The molecule has 0 bridgehead atoms. The van der Waals surface area contributed by atoms with Gasteiger partial charge in [0.2, 0.25) is 10.0 Å². The van der Waals surface area contributed by atoms with Gasteiger partial charge < -0.3 is 5.11 Å². The molecule has 0 aromatic heterocycles. The number of rotatable bonds is 4. The van der Waals surface area contributed by atoms with E-state index >= 15 is 0 Å². The van der Waals surface area contributed by atoms with Crippen molar-refractivity contribution in [3.63, 3.8) is 0 Å². The van der Waals surface area contributed by atoms with Gasteiger partial charge in [-0.25, -0.2) is 17.5 Å². The molecular weight excluding hydrogens is 293 g/mol. The molecule has 0 unspecified atom stereocenters. The maximum absolute atomic E-state index is 13.8. The molecule has 0 spiro atoms. The van der Waals surface area contributed by atoms with Crippen LogP contribution in [0.1, 0.15) is 38.2 Å². The molecule has 1 saturated carbocycles. The minimum atomic E-state index is -3.99. The van der Waals surface area contributed by atoms with Crippen molar-refractivity contribution in [2.24, 2.45) is 5.92 Å². The molecule has 2 rings (SSSR count). The van der Waals surface area contributed by atoms with Crippen molar-refractivity contribution in [2.45, 2.75) is 50.0 Å². The molecule has 0 aliphatic heterocycles. The summed E-state index contributed by atoms with van der Waals surface area (Å²) in [7, 11) is -3.99. The number of aliphatic hydroxyl groups excluding tert-OH is 1. The van der Waals surface area contributed by atoms with Crippen molar-refractivity contribution in [1.82, 2.24) is 4.72 Å². The Hall–Kier alpha value is -0.980. The number of halogens is 1. The fourth-order valence-electron chi connectivity index (χ4n) is 2.76. The van der Waals surface area contributed by atoms with Crippen LogP contribution in [-0.2, 0) is 10.0 Å². The summed E-state index contributed by atoms with van der Waals surface area (Å²) in [5.41, 5.74) is -0.200. The van der Waals surface area contributed by atoms with E-state index in [1.165, 1.54) is 12.1 Å². The Labute approximate surface area is 125 Å². The molecule has 118 valence electrons. The van der Waals surface area contributed by atoms with Gasteiger partial charge in [-0.2, -0.15) is 0 Å². The first-order valence-electron chi connectivity index (χ1n) is 7.19. The topological polar surface area (TPSA) is 66.4 Å². The molecule has 1 fully saturated rings. The standard InChI is InChI=1S/C15H22FNO3S/c1-11-5-7-15(10-18,8-6-11)17-21(19,20)14-9-12(2)3-4-13(14)16/h3-4,9,11,17-18H,5-8,10H2,1-2H3. The van der Waals surface area contributed by atoms with Crippen LogP contribution in [0.5, 0.6) is 0 Å². The summed E-state index contributed by atoms with van der Waals surface area (Å²) in [4.78, 5) is -0.353. The Bertz CT molecular complexity index is 607. The molecule has 6 heteroatoms. The van der Waals surface area contributed by atoms with Gasteiger partial charge in [0.25, 0.3) is 0 Å². The molecular formula is C15H22FNO3S. The van der Waals surface area contributed by atoms with Crippen LogP contribution in [0.2, 0.25) is 0 Å². The zero-order valence-corrected chi connectivity index (χ0v) is 13.2. The lowest BCUT2D eigenvalue weighted by atomic mass is 9.78. The summed E-state index contributed by atoms with van der Waals surface area (Å²) in [6, 6.07) is 3.99. The lowest BCUT2D eigenvalue weighted by Crippen LogP contribution is -2.53. The number of aryl methyl sites for hydroxylation is 1. The Morgan fingerprint density at radius 1 is 1.38 bits per heavy atom. The Morgan fingerprint density at radius 2 is 2.00 bits per heavy atom.